The summed E-state index contributed by atoms with van der Waals surface area (Å²) in [6, 6.07) is 0. The third kappa shape index (κ3) is 2.77. The Labute approximate surface area is 196 Å². The zero-order valence-electron chi connectivity index (χ0n) is 20.1. The van der Waals surface area contributed by atoms with Crippen LogP contribution >= 0.6 is 0 Å². The van der Waals surface area contributed by atoms with Gasteiger partial charge in [-0.05, 0) is 67.3 Å². The van der Waals surface area contributed by atoms with Crippen LogP contribution in [0.15, 0.2) is 22.9 Å². The van der Waals surface area contributed by atoms with Gasteiger partial charge in [-0.2, -0.15) is 0 Å². The van der Waals surface area contributed by atoms with Gasteiger partial charge in [-0.3, -0.25) is 5.41 Å². The van der Waals surface area contributed by atoms with E-state index in [1.807, 2.05) is 0 Å². The van der Waals surface area contributed by atoms with Crippen molar-refractivity contribution in [2.45, 2.75) is 70.9 Å². The number of allylic oxidation sites excluding steroid dienone is 3. The topological polar surface area (TPSA) is 109 Å². The number of aliphatic hydroxyl groups excluding tert-OH is 1. The molecule has 0 radical (unpaired) electrons. The van der Waals surface area contributed by atoms with Gasteiger partial charge in [0, 0.05) is 16.7 Å². The van der Waals surface area contributed by atoms with Crippen molar-refractivity contribution in [1.82, 2.24) is 0 Å². The van der Waals surface area contributed by atoms with Crippen LogP contribution in [-0.4, -0.2) is 49.5 Å². The highest BCUT2D eigenvalue weighted by atomic mass is 16.8. The smallest absolute Gasteiger partial charge is 0.171 e. The Bertz CT molecular complexity index is 916. The molecule has 0 bridgehead atoms. The molecule has 10 atom stereocenters. The molecule has 5 fully saturated rings. The number of nitrogens with two attached hydrogens (primary N) is 2. The molecule has 2 aliphatic heterocycles. The number of fused-ring (bicyclic) bond motifs is 8. The molecule has 6 rings (SSSR count). The van der Waals surface area contributed by atoms with E-state index in [9.17, 15) is 5.11 Å². The standard InChI is InChI=1S/C26H38N2O5/c1-14-6-16-17-4-5-26(19-11-30-12-31-23(19)32-13-33-26)25(17,3)9-21(29)22(16)24(2)8-15(10-27)20(28)7-18(14)24/h7,10,14,16-17,19,21-23,27,29H,4-6,8-9,11-13,28H2,1-3H3/p+1. The number of hydrogen-bond donors (Lipinski definition) is 3. The zero-order chi connectivity index (χ0) is 23.2. The van der Waals surface area contributed by atoms with Gasteiger partial charge in [0.1, 0.15) is 6.79 Å². The average molecular weight is 460 g/mol. The molecule has 10 unspecified atom stereocenters. The van der Waals surface area contributed by atoms with Gasteiger partial charge in [-0.15, -0.1) is 0 Å². The minimum atomic E-state index is -0.416. The molecule has 0 amide bonds. The SMILES string of the molecule is CC1CC2C(C(O)CC3(C)C2CCC32OCOC3OCOCC32)C2(C)CC(C=[NH2+])=C(N)C=C12. The fraction of sp³-hybridized carbons (Fsp3) is 0.808. The second kappa shape index (κ2) is 7.37. The molecule has 7 nitrogen and oxygen atoms in total. The van der Waals surface area contributed by atoms with Gasteiger partial charge >= 0.3 is 0 Å². The van der Waals surface area contributed by atoms with Gasteiger partial charge in [-0.25, -0.2) is 0 Å². The molecule has 3 saturated carbocycles. The van der Waals surface area contributed by atoms with Crippen molar-refractivity contribution in [1.29, 1.82) is 0 Å². The molecule has 182 valence electrons. The van der Waals surface area contributed by atoms with Crippen molar-refractivity contribution in [3.63, 3.8) is 0 Å². The summed E-state index contributed by atoms with van der Waals surface area (Å²) in [6.07, 6.45) is 7.77. The summed E-state index contributed by atoms with van der Waals surface area (Å²) in [5, 5.41) is 17.8. The Hall–Kier alpha value is -1.25. The first-order valence-corrected chi connectivity index (χ1v) is 12.6. The van der Waals surface area contributed by atoms with E-state index in [1.165, 1.54) is 5.57 Å². The van der Waals surface area contributed by atoms with E-state index < -0.39 is 6.10 Å². The summed E-state index contributed by atoms with van der Waals surface area (Å²) in [6.45, 7) is 8.12. The lowest BCUT2D eigenvalue weighted by Crippen LogP contribution is -2.67. The first kappa shape index (κ1) is 22.2. The highest BCUT2D eigenvalue weighted by molar-refractivity contribution is 5.76. The number of aliphatic hydroxyl groups is 1. The molecule has 4 aliphatic carbocycles. The Morgan fingerprint density at radius 2 is 2.00 bits per heavy atom. The third-order valence-electron chi connectivity index (χ3n) is 10.7. The fourth-order valence-corrected chi connectivity index (χ4v) is 9.50. The first-order valence-electron chi connectivity index (χ1n) is 12.6. The average Bonchev–Trinajstić information content (AvgIpc) is 3.07. The summed E-state index contributed by atoms with van der Waals surface area (Å²) in [5.41, 5.74) is 8.85. The van der Waals surface area contributed by atoms with Gasteiger partial charge in [0.2, 0.25) is 0 Å². The van der Waals surface area contributed by atoms with E-state index in [-0.39, 0.29) is 48.1 Å². The van der Waals surface area contributed by atoms with Gasteiger partial charge in [0.15, 0.2) is 19.3 Å². The van der Waals surface area contributed by atoms with Crippen LogP contribution in [-0.2, 0) is 18.9 Å². The van der Waals surface area contributed by atoms with Crippen molar-refractivity contribution in [3.8, 4) is 0 Å². The van der Waals surface area contributed by atoms with Crippen LogP contribution in [0, 0.1) is 40.4 Å². The van der Waals surface area contributed by atoms with E-state index in [0.29, 0.717) is 24.4 Å². The van der Waals surface area contributed by atoms with E-state index >= 15 is 0 Å². The summed E-state index contributed by atoms with van der Waals surface area (Å²) in [7, 11) is 0. The molecular weight excluding hydrogens is 420 g/mol. The summed E-state index contributed by atoms with van der Waals surface area (Å²) >= 11 is 0. The van der Waals surface area contributed by atoms with Crippen LogP contribution in [0.25, 0.3) is 0 Å². The van der Waals surface area contributed by atoms with E-state index in [4.69, 9.17) is 30.1 Å². The predicted octanol–water partition coefficient (Wildman–Crippen LogP) is 1.51. The maximum atomic E-state index is 11.9. The van der Waals surface area contributed by atoms with E-state index in [0.717, 1.165) is 43.4 Å². The lowest BCUT2D eigenvalue weighted by molar-refractivity contribution is -0.387. The van der Waals surface area contributed by atoms with Crippen LogP contribution in [0.3, 0.4) is 0 Å². The van der Waals surface area contributed by atoms with Crippen molar-refractivity contribution < 1.29 is 29.5 Å². The van der Waals surface area contributed by atoms with E-state index in [2.05, 4.69) is 26.8 Å². The minimum Gasteiger partial charge on any atom is -0.398 e. The molecule has 0 aromatic heterocycles. The lowest BCUT2D eigenvalue weighted by atomic mass is 9.43. The van der Waals surface area contributed by atoms with Gasteiger partial charge in [-0.1, -0.05) is 26.3 Å². The molecule has 0 aromatic rings. The summed E-state index contributed by atoms with van der Waals surface area (Å²) < 4.78 is 24.0. The Morgan fingerprint density at radius 3 is 2.79 bits per heavy atom. The van der Waals surface area contributed by atoms with Crippen LogP contribution in [0.1, 0.15) is 52.9 Å². The highest BCUT2D eigenvalue weighted by Crippen LogP contribution is 2.71. The second-order valence-corrected chi connectivity index (χ2v) is 12.0. The number of ether oxygens (including phenoxy) is 4. The molecular formula is C26H39N2O5+. The molecule has 1 spiro atoms. The highest BCUT2D eigenvalue weighted by Gasteiger charge is 2.71. The molecule has 33 heavy (non-hydrogen) atoms. The molecule has 2 heterocycles. The van der Waals surface area contributed by atoms with Crippen LogP contribution < -0.4 is 11.1 Å². The van der Waals surface area contributed by atoms with Crippen molar-refractivity contribution >= 4 is 6.21 Å². The van der Waals surface area contributed by atoms with Gasteiger partial charge in [0.25, 0.3) is 0 Å². The van der Waals surface area contributed by atoms with Crippen LogP contribution in [0.4, 0.5) is 0 Å². The van der Waals surface area contributed by atoms with Crippen molar-refractivity contribution in [2.75, 3.05) is 20.2 Å². The molecule has 5 N–H and O–H groups in total. The first-order chi connectivity index (χ1) is 15.7. The van der Waals surface area contributed by atoms with E-state index in [1.54, 1.807) is 6.21 Å². The summed E-state index contributed by atoms with van der Waals surface area (Å²) in [4.78, 5) is 0. The molecule has 7 heteroatoms. The Morgan fingerprint density at radius 1 is 1.21 bits per heavy atom. The molecule has 2 saturated heterocycles. The zero-order valence-corrected chi connectivity index (χ0v) is 20.1. The quantitative estimate of drug-likeness (QED) is 0.513. The Balaban J connectivity index is 1.40. The Kier molecular flexibility index (Phi) is 4.97. The van der Waals surface area contributed by atoms with Gasteiger partial charge in [0.05, 0.1) is 24.2 Å². The monoisotopic (exact) mass is 459 g/mol. The van der Waals surface area contributed by atoms with Crippen molar-refractivity contribution in [2.24, 2.45) is 46.2 Å². The largest absolute Gasteiger partial charge is 0.398 e. The number of hydrogen-bond acceptors (Lipinski definition) is 6. The minimum absolute atomic E-state index is 0.0293. The third-order valence-corrected chi connectivity index (χ3v) is 10.7. The molecule has 6 aliphatic rings. The van der Waals surface area contributed by atoms with Crippen molar-refractivity contribution in [3.05, 3.63) is 22.9 Å². The maximum Gasteiger partial charge on any atom is 0.171 e. The molecule has 0 aromatic carbocycles. The predicted molar refractivity (Wildman–Crippen MR) is 121 cm³/mol. The summed E-state index contributed by atoms with van der Waals surface area (Å²) in [5.74, 6) is 1.53. The number of rotatable bonds is 1. The van der Waals surface area contributed by atoms with Gasteiger partial charge < -0.3 is 29.8 Å². The second-order valence-electron chi connectivity index (χ2n) is 12.0. The van der Waals surface area contributed by atoms with Crippen LogP contribution in [0.2, 0.25) is 0 Å². The fourth-order valence-electron chi connectivity index (χ4n) is 9.50. The maximum absolute atomic E-state index is 11.9. The lowest BCUT2D eigenvalue weighted by Gasteiger charge is -2.64. The van der Waals surface area contributed by atoms with Crippen LogP contribution in [0.5, 0.6) is 0 Å². The normalized spacial score (nSPS) is 53.6.